The molecule has 7 nitrogen and oxygen atoms in total. The smallest absolute Gasteiger partial charge is 0.343 e. The van der Waals surface area contributed by atoms with E-state index >= 15 is 0 Å². The van der Waals surface area contributed by atoms with Crippen LogP contribution >= 0.6 is 11.8 Å². The number of methoxy groups -OCH3 is 1. The number of aromatic amines is 2. The zero-order valence-corrected chi connectivity index (χ0v) is 14.9. The van der Waals surface area contributed by atoms with Crippen molar-refractivity contribution in [3.05, 3.63) is 46.5 Å². The first kappa shape index (κ1) is 17.5. The fourth-order valence-electron chi connectivity index (χ4n) is 2.66. The Morgan fingerprint density at radius 3 is 3.00 bits per heavy atom. The number of nitrogens with zero attached hydrogens (tertiary/aromatic N) is 2. The van der Waals surface area contributed by atoms with E-state index in [9.17, 15) is 9.59 Å². The van der Waals surface area contributed by atoms with Gasteiger partial charge in [0.05, 0.1) is 5.25 Å². The predicted octanol–water partition coefficient (Wildman–Crippen LogP) is 2.45. The summed E-state index contributed by atoms with van der Waals surface area (Å²) in [5.74, 6) is 0.00124. The monoisotopic (exact) mass is 360 g/mol. The summed E-state index contributed by atoms with van der Waals surface area (Å²) in [4.78, 5) is 27.8. The van der Waals surface area contributed by atoms with E-state index in [2.05, 4.69) is 15.2 Å². The lowest BCUT2D eigenvalue weighted by Crippen LogP contribution is -2.20. The second kappa shape index (κ2) is 7.71. The lowest BCUT2D eigenvalue weighted by atomic mass is 10.1. The quantitative estimate of drug-likeness (QED) is 0.366. The summed E-state index contributed by atoms with van der Waals surface area (Å²) in [5.41, 5.74) is 1.31. The number of aromatic nitrogens is 4. The SMILES string of the molecule is COCCCn1c(S[C@H](C)C(=O)c2c[nH]c3ccccc23)n[nH]c1=O. The van der Waals surface area contributed by atoms with E-state index in [0.29, 0.717) is 30.3 Å². The van der Waals surface area contributed by atoms with Crippen molar-refractivity contribution in [2.24, 2.45) is 0 Å². The Kier molecular flexibility index (Phi) is 5.40. The Bertz CT molecular complexity index is 927. The first-order valence-electron chi connectivity index (χ1n) is 8.03. The van der Waals surface area contributed by atoms with Crippen LogP contribution in [0, 0.1) is 0 Å². The fraction of sp³-hybridized carbons (Fsp3) is 0.353. The number of ether oxygens (including phenoxy) is 1. The summed E-state index contributed by atoms with van der Waals surface area (Å²) in [6.45, 7) is 2.89. The van der Waals surface area contributed by atoms with Gasteiger partial charge in [-0.05, 0) is 19.4 Å². The normalized spacial score (nSPS) is 12.6. The van der Waals surface area contributed by atoms with Gasteiger partial charge in [-0.1, -0.05) is 30.0 Å². The van der Waals surface area contributed by atoms with Gasteiger partial charge in [0.15, 0.2) is 10.9 Å². The summed E-state index contributed by atoms with van der Waals surface area (Å²) in [7, 11) is 1.62. The zero-order valence-electron chi connectivity index (χ0n) is 14.1. The van der Waals surface area contributed by atoms with E-state index in [1.807, 2.05) is 31.2 Å². The fourth-order valence-corrected chi connectivity index (χ4v) is 3.61. The lowest BCUT2D eigenvalue weighted by Gasteiger charge is -2.10. The number of rotatable bonds is 8. The number of para-hydroxylation sites is 1. The molecular formula is C17H20N4O3S. The van der Waals surface area contributed by atoms with Crippen LogP contribution in [0.15, 0.2) is 40.4 Å². The number of H-pyrrole nitrogens is 2. The molecule has 0 radical (unpaired) electrons. The number of carbonyl (C=O) groups is 1. The molecule has 132 valence electrons. The molecule has 1 atom stereocenters. The Morgan fingerprint density at radius 1 is 1.40 bits per heavy atom. The molecule has 2 aromatic heterocycles. The topological polar surface area (TPSA) is 92.8 Å². The van der Waals surface area contributed by atoms with E-state index in [1.54, 1.807) is 17.9 Å². The third kappa shape index (κ3) is 3.69. The second-order valence-corrected chi connectivity index (χ2v) is 6.99. The highest BCUT2D eigenvalue weighted by Crippen LogP contribution is 2.26. The number of hydrogen-bond acceptors (Lipinski definition) is 5. The van der Waals surface area contributed by atoms with Crippen LogP contribution in [0.4, 0.5) is 0 Å². The van der Waals surface area contributed by atoms with Crippen molar-refractivity contribution in [1.29, 1.82) is 0 Å². The number of benzene rings is 1. The van der Waals surface area contributed by atoms with Gasteiger partial charge in [-0.3, -0.25) is 9.36 Å². The summed E-state index contributed by atoms with van der Waals surface area (Å²) in [5, 5.41) is 7.55. The highest BCUT2D eigenvalue weighted by molar-refractivity contribution is 8.00. The van der Waals surface area contributed by atoms with Crippen LogP contribution in [0.25, 0.3) is 10.9 Å². The Labute approximate surface area is 148 Å². The zero-order chi connectivity index (χ0) is 17.8. The Balaban J connectivity index is 1.77. The van der Waals surface area contributed by atoms with Gasteiger partial charge in [0, 0.05) is 42.9 Å². The highest BCUT2D eigenvalue weighted by atomic mass is 32.2. The third-order valence-corrected chi connectivity index (χ3v) is 5.05. The van der Waals surface area contributed by atoms with Gasteiger partial charge in [-0.15, -0.1) is 5.10 Å². The van der Waals surface area contributed by atoms with Gasteiger partial charge in [0.1, 0.15) is 0 Å². The minimum atomic E-state index is -0.365. The van der Waals surface area contributed by atoms with Crippen LogP contribution in [-0.4, -0.2) is 44.5 Å². The number of thioether (sulfide) groups is 1. The highest BCUT2D eigenvalue weighted by Gasteiger charge is 2.22. The summed E-state index contributed by atoms with van der Waals surface area (Å²) >= 11 is 1.28. The number of hydrogen-bond donors (Lipinski definition) is 2. The average Bonchev–Trinajstić information content (AvgIpc) is 3.19. The summed E-state index contributed by atoms with van der Waals surface area (Å²) in [6, 6.07) is 7.69. The van der Waals surface area contributed by atoms with Crippen LogP contribution in [0.2, 0.25) is 0 Å². The maximum atomic E-state index is 12.8. The number of fused-ring (bicyclic) bond motifs is 1. The molecular weight excluding hydrogens is 340 g/mol. The number of carbonyl (C=O) groups excluding carboxylic acids is 1. The maximum Gasteiger partial charge on any atom is 0.343 e. The van der Waals surface area contributed by atoms with Gasteiger partial charge in [-0.25, -0.2) is 9.89 Å². The lowest BCUT2D eigenvalue weighted by molar-refractivity contribution is 0.0995. The minimum Gasteiger partial charge on any atom is -0.385 e. The van der Waals surface area contributed by atoms with Gasteiger partial charge < -0.3 is 9.72 Å². The van der Waals surface area contributed by atoms with Crippen LogP contribution in [0.1, 0.15) is 23.7 Å². The standard InChI is InChI=1S/C17H20N4O3S/c1-11(15(22)13-10-18-14-7-4-3-6-12(13)14)25-17-20-19-16(23)21(17)8-5-9-24-2/h3-4,6-7,10-11,18H,5,8-9H2,1-2H3,(H,19,23)/t11-/m1/s1. The molecule has 0 aliphatic heterocycles. The Hall–Kier alpha value is -2.32. The first-order chi connectivity index (χ1) is 12.1. The molecule has 0 unspecified atom stereocenters. The molecule has 2 N–H and O–H groups in total. The summed E-state index contributed by atoms with van der Waals surface area (Å²) < 4.78 is 6.56. The summed E-state index contributed by atoms with van der Waals surface area (Å²) in [6.07, 6.45) is 2.44. The van der Waals surface area contributed by atoms with Gasteiger partial charge in [0.2, 0.25) is 0 Å². The number of ketones is 1. The third-order valence-electron chi connectivity index (χ3n) is 3.96. The first-order valence-corrected chi connectivity index (χ1v) is 8.91. The van der Waals surface area contributed by atoms with Crippen molar-refractivity contribution in [1.82, 2.24) is 19.7 Å². The molecule has 0 amide bonds. The van der Waals surface area contributed by atoms with Crippen molar-refractivity contribution in [2.75, 3.05) is 13.7 Å². The van der Waals surface area contributed by atoms with E-state index < -0.39 is 0 Å². The molecule has 8 heteroatoms. The van der Waals surface area contributed by atoms with Gasteiger partial charge in [-0.2, -0.15) is 0 Å². The molecule has 0 fully saturated rings. The molecule has 25 heavy (non-hydrogen) atoms. The van der Waals surface area contributed by atoms with Crippen LogP contribution in [0.3, 0.4) is 0 Å². The van der Waals surface area contributed by atoms with Crippen molar-refractivity contribution >= 4 is 28.4 Å². The number of nitrogens with one attached hydrogen (secondary N) is 2. The molecule has 3 aromatic rings. The molecule has 2 heterocycles. The molecule has 0 saturated carbocycles. The maximum absolute atomic E-state index is 12.8. The molecule has 0 bridgehead atoms. The molecule has 0 saturated heterocycles. The van der Waals surface area contributed by atoms with Crippen molar-refractivity contribution in [3.63, 3.8) is 0 Å². The van der Waals surface area contributed by atoms with Crippen molar-refractivity contribution in [3.8, 4) is 0 Å². The van der Waals surface area contributed by atoms with Crippen LogP contribution in [-0.2, 0) is 11.3 Å². The van der Waals surface area contributed by atoms with Crippen molar-refractivity contribution < 1.29 is 9.53 Å². The minimum absolute atomic E-state index is 0.00124. The molecule has 0 aliphatic rings. The second-order valence-electron chi connectivity index (χ2n) is 5.68. The molecule has 1 aromatic carbocycles. The van der Waals surface area contributed by atoms with E-state index in [0.717, 1.165) is 10.9 Å². The van der Waals surface area contributed by atoms with E-state index in [4.69, 9.17) is 4.74 Å². The van der Waals surface area contributed by atoms with Crippen LogP contribution in [0.5, 0.6) is 0 Å². The largest absolute Gasteiger partial charge is 0.385 e. The predicted molar refractivity (Wildman–Crippen MR) is 97.3 cm³/mol. The molecule has 0 spiro atoms. The van der Waals surface area contributed by atoms with Gasteiger partial charge >= 0.3 is 5.69 Å². The average molecular weight is 360 g/mol. The molecule has 3 rings (SSSR count). The molecule has 0 aliphatic carbocycles. The number of Topliss-reactive ketones (excluding diaryl/α,β-unsaturated/α-hetero) is 1. The van der Waals surface area contributed by atoms with Crippen LogP contribution < -0.4 is 5.69 Å². The van der Waals surface area contributed by atoms with E-state index in [1.165, 1.54) is 11.8 Å². The van der Waals surface area contributed by atoms with E-state index in [-0.39, 0.29) is 16.7 Å². The Morgan fingerprint density at radius 2 is 2.20 bits per heavy atom. The van der Waals surface area contributed by atoms with Gasteiger partial charge in [0.25, 0.3) is 0 Å². The van der Waals surface area contributed by atoms with Crippen molar-refractivity contribution in [2.45, 2.75) is 30.3 Å².